The average Bonchev–Trinajstić information content (AvgIpc) is 3.09. The van der Waals surface area contributed by atoms with Crippen LogP contribution < -0.4 is 10.6 Å². The lowest BCUT2D eigenvalue weighted by Crippen LogP contribution is -2.47. The molecular weight excluding hydrogens is 306 g/mol. The van der Waals surface area contributed by atoms with Crippen molar-refractivity contribution in [3.63, 3.8) is 0 Å². The number of carbonyl (C=O) groups is 2. The Morgan fingerprint density at radius 2 is 2.00 bits per heavy atom. The largest absolute Gasteiger partial charge is 0.472 e. The monoisotopic (exact) mass is 327 g/mol. The van der Waals surface area contributed by atoms with Crippen molar-refractivity contribution in [1.82, 2.24) is 10.2 Å². The van der Waals surface area contributed by atoms with Gasteiger partial charge >= 0.3 is 6.03 Å². The van der Waals surface area contributed by atoms with Crippen LogP contribution in [0.25, 0.3) is 0 Å². The van der Waals surface area contributed by atoms with Crippen LogP contribution in [-0.2, 0) is 0 Å². The van der Waals surface area contributed by atoms with E-state index in [1.807, 2.05) is 31.2 Å². The van der Waals surface area contributed by atoms with Crippen molar-refractivity contribution < 1.29 is 14.0 Å². The van der Waals surface area contributed by atoms with Gasteiger partial charge < -0.3 is 20.0 Å². The van der Waals surface area contributed by atoms with E-state index in [9.17, 15) is 9.59 Å². The predicted molar refractivity (Wildman–Crippen MR) is 91.0 cm³/mol. The molecule has 2 aromatic rings. The Morgan fingerprint density at radius 3 is 2.67 bits per heavy atom. The third-order valence-corrected chi connectivity index (χ3v) is 4.16. The summed E-state index contributed by atoms with van der Waals surface area (Å²) in [6.07, 6.45) is 4.44. The van der Waals surface area contributed by atoms with Gasteiger partial charge in [0.1, 0.15) is 6.26 Å². The summed E-state index contributed by atoms with van der Waals surface area (Å²) >= 11 is 0. The van der Waals surface area contributed by atoms with Gasteiger partial charge in [0.05, 0.1) is 11.8 Å². The molecule has 0 bridgehead atoms. The highest BCUT2D eigenvalue weighted by atomic mass is 16.3. The van der Waals surface area contributed by atoms with Gasteiger partial charge in [-0.3, -0.25) is 4.79 Å². The number of carbonyl (C=O) groups excluding carboxylic acids is 2. The fraction of sp³-hybridized carbons (Fsp3) is 0.333. The molecule has 3 rings (SSSR count). The van der Waals surface area contributed by atoms with E-state index < -0.39 is 0 Å². The molecule has 0 radical (unpaired) electrons. The number of likely N-dealkylation sites (tertiary alicyclic amines) is 1. The summed E-state index contributed by atoms with van der Waals surface area (Å²) in [7, 11) is 0. The van der Waals surface area contributed by atoms with Crippen molar-refractivity contribution in [2.75, 3.05) is 18.4 Å². The Kier molecular flexibility index (Phi) is 4.84. The van der Waals surface area contributed by atoms with Gasteiger partial charge in [-0.1, -0.05) is 12.1 Å². The van der Waals surface area contributed by atoms with Crippen LogP contribution in [0.15, 0.2) is 47.3 Å². The van der Waals surface area contributed by atoms with Gasteiger partial charge in [0.2, 0.25) is 0 Å². The summed E-state index contributed by atoms with van der Waals surface area (Å²) in [5.74, 6) is -0.0218. The maximum Gasteiger partial charge on any atom is 0.319 e. The quantitative estimate of drug-likeness (QED) is 0.910. The molecule has 1 aliphatic heterocycles. The number of urea groups is 1. The highest BCUT2D eigenvalue weighted by Crippen LogP contribution is 2.15. The second kappa shape index (κ2) is 7.21. The summed E-state index contributed by atoms with van der Waals surface area (Å²) in [6, 6.07) is 9.20. The van der Waals surface area contributed by atoms with Crippen molar-refractivity contribution in [3.8, 4) is 0 Å². The number of anilines is 1. The van der Waals surface area contributed by atoms with E-state index in [1.54, 1.807) is 11.0 Å². The summed E-state index contributed by atoms with van der Waals surface area (Å²) < 4.78 is 4.95. The number of hydrogen-bond donors (Lipinski definition) is 2. The van der Waals surface area contributed by atoms with Crippen LogP contribution in [0.4, 0.5) is 10.5 Å². The summed E-state index contributed by atoms with van der Waals surface area (Å²) in [4.78, 5) is 26.1. The number of hydrogen-bond acceptors (Lipinski definition) is 3. The van der Waals surface area contributed by atoms with Crippen LogP contribution in [0.2, 0.25) is 0 Å². The zero-order valence-corrected chi connectivity index (χ0v) is 13.6. The molecule has 0 unspecified atom stereocenters. The molecule has 0 aliphatic carbocycles. The molecule has 0 saturated carbocycles. The normalized spacial score (nSPS) is 15.1. The SMILES string of the molecule is Cc1cccc(NC(=O)NC2CCN(C(=O)c3ccoc3)CC2)c1. The van der Waals surface area contributed by atoms with Crippen molar-refractivity contribution in [3.05, 3.63) is 54.0 Å². The van der Waals surface area contributed by atoms with E-state index in [0.29, 0.717) is 18.7 Å². The van der Waals surface area contributed by atoms with Crippen molar-refractivity contribution >= 4 is 17.6 Å². The first-order valence-electron chi connectivity index (χ1n) is 8.07. The van der Waals surface area contributed by atoms with E-state index in [0.717, 1.165) is 24.1 Å². The van der Waals surface area contributed by atoms with Crippen LogP contribution in [0.5, 0.6) is 0 Å². The van der Waals surface area contributed by atoms with Crippen LogP contribution in [0.3, 0.4) is 0 Å². The Hall–Kier alpha value is -2.76. The minimum Gasteiger partial charge on any atom is -0.472 e. The molecule has 0 atom stereocenters. The molecule has 1 aromatic carbocycles. The number of furan rings is 1. The second-order valence-electron chi connectivity index (χ2n) is 6.05. The fourth-order valence-corrected chi connectivity index (χ4v) is 2.87. The topological polar surface area (TPSA) is 74.6 Å². The Bertz CT molecular complexity index is 704. The lowest BCUT2D eigenvalue weighted by molar-refractivity contribution is 0.0708. The van der Waals surface area contributed by atoms with E-state index in [4.69, 9.17) is 4.42 Å². The first-order valence-corrected chi connectivity index (χ1v) is 8.07. The number of benzene rings is 1. The van der Waals surface area contributed by atoms with Gasteiger partial charge in [-0.25, -0.2) is 4.79 Å². The molecule has 6 nitrogen and oxygen atoms in total. The number of amides is 3. The zero-order chi connectivity index (χ0) is 16.9. The van der Waals surface area contributed by atoms with Gasteiger partial charge in [0.15, 0.2) is 0 Å². The summed E-state index contributed by atoms with van der Waals surface area (Å²) in [5.41, 5.74) is 2.44. The molecule has 1 fully saturated rings. The maximum atomic E-state index is 12.2. The van der Waals surface area contributed by atoms with E-state index in [2.05, 4.69) is 10.6 Å². The molecule has 6 heteroatoms. The molecule has 1 aromatic heterocycles. The average molecular weight is 327 g/mol. The number of piperidine rings is 1. The molecule has 1 saturated heterocycles. The fourth-order valence-electron chi connectivity index (χ4n) is 2.87. The highest BCUT2D eigenvalue weighted by molar-refractivity contribution is 5.94. The van der Waals surface area contributed by atoms with Crippen LogP contribution in [0, 0.1) is 6.92 Å². The van der Waals surface area contributed by atoms with Crippen molar-refractivity contribution in [2.24, 2.45) is 0 Å². The van der Waals surface area contributed by atoms with E-state index >= 15 is 0 Å². The Balaban J connectivity index is 1.47. The minimum absolute atomic E-state index is 0.0218. The molecule has 2 heterocycles. The molecule has 1 aliphatic rings. The van der Waals surface area contributed by atoms with Gasteiger partial charge in [0.25, 0.3) is 5.91 Å². The molecule has 126 valence electrons. The van der Waals surface area contributed by atoms with Crippen LogP contribution >= 0.6 is 0 Å². The van der Waals surface area contributed by atoms with Gasteiger partial charge in [-0.15, -0.1) is 0 Å². The Morgan fingerprint density at radius 1 is 1.21 bits per heavy atom. The zero-order valence-electron chi connectivity index (χ0n) is 13.6. The highest BCUT2D eigenvalue weighted by Gasteiger charge is 2.25. The van der Waals surface area contributed by atoms with E-state index in [-0.39, 0.29) is 18.0 Å². The minimum atomic E-state index is -0.208. The number of aryl methyl sites for hydroxylation is 1. The standard InChI is InChI=1S/C18H21N3O3/c1-13-3-2-4-16(11-13)20-18(23)19-15-5-8-21(9-6-15)17(22)14-7-10-24-12-14/h2-4,7,10-12,15H,5-6,8-9H2,1H3,(H2,19,20,23). The maximum absolute atomic E-state index is 12.2. The van der Waals surface area contributed by atoms with Gasteiger partial charge in [-0.2, -0.15) is 0 Å². The third-order valence-electron chi connectivity index (χ3n) is 4.16. The van der Waals surface area contributed by atoms with E-state index in [1.165, 1.54) is 12.5 Å². The molecule has 2 N–H and O–H groups in total. The number of rotatable bonds is 3. The molecular formula is C18H21N3O3. The molecule has 0 spiro atoms. The Labute approximate surface area is 140 Å². The lowest BCUT2D eigenvalue weighted by atomic mass is 10.0. The first kappa shape index (κ1) is 16.1. The predicted octanol–water partition coefficient (Wildman–Crippen LogP) is 3.01. The lowest BCUT2D eigenvalue weighted by Gasteiger charge is -2.32. The molecule has 3 amide bonds. The smallest absolute Gasteiger partial charge is 0.319 e. The van der Waals surface area contributed by atoms with Gasteiger partial charge in [-0.05, 0) is 43.5 Å². The third kappa shape index (κ3) is 3.95. The van der Waals surface area contributed by atoms with Crippen LogP contribution in [0.1, 0.15) is 28.8 Å². The van der Waals surface area contributed by atoms with Gasteiger partial charge in [0, 0.05) is 24.8 Å². The summed E-state index contributed by atoms with van der Waals surface area (Å²) in [5, 5.41) is 5.82. The van der Waals surface area contributed by atoms with Crippen molar-refractivity contribution in [2.45, 2.75) is 25.8 Å². The number of nitrogens with zero attached hydrogens (tertiary/aromatic N) is 1. The summed E-state index contributed by atoms with van der Waals surface area (Å²) in [6.45, 7) is 3.23. The van der Waals surface area contributed by atoms with Crippen LogP contribution in [-0.4, -0.2) is 36.0 Å². The van der Waals surface area contributed by atoms with Crippen molar-refractivity contribution in [1.29, 1.82) is 0 Å². The second-order valence-corrected chi connectivity index (χ2v) is 6.05. The molecule has 24 heavy (non-hydrogen) atoms. The first-order chi connectivity index (χ1) is 11.6. The number of nitrogens with one attached hydrogen (secondary N) is 2.